The predicted molar refractivity (Wildman–Crippen MR) is 104 cm³/mol. The molecule has 0 N–H and O–H groups in total. The van der Waals surface area contributed by atoms with Gasteiger partial charge in [-0.15, -0.1) is 0 Å². The van der Waals surface area contributed by atoms with Crippen molar-refractivity contribution < 1.29 is 14.3 Å². The first-order valence-corrected chi connectivity index (χ1v) is 9.11. The van der Waals surface area contributed by atoms with Gasteiger partial charge in [-0.25, -0.2) is 4.79 Å². The molecule has 2 atom stereocenters. The minimum absolute atomic E-state index is 0.130. The quantitative estimate of drug-likeness (QED) is 0.711. The van der Waals surface area contributed by atoms with Crippen molar-refractivity contribution in [2.24, 2.45) is 5.92 Å². The monoisotopic (exact) mass is 350 g/mol. The van der Waals surface area contributed by atoms with Crippen LogP contribution < -0.4 is 4.74 Å². The van der Waals surface area contributed by atoms with Gasteiger partial charge in [0.05, 0.1) is 6.61 Å². The van der Waals surface area contributed by atoms with E-state index in [1.54, 1.807) is 0 Å². The molecule has 0 aromatic heterocycles. The Labute approximate surface area is 155 Å². The average molecular weight is 350 g/mol. The summed E-state index contributed by atoms with van der Waals surface area (Å²) in [5.41, 5.74) is 3.01. The zero-order valence-electron chi connectivity index (χ0n) is 15.7. The lowest BCUT2D eigenvalue weighted by molar-refractivity contribution is -0.153. The topological polar surface area (TPSA) is 35.5 Å². The molecule has 0 saturated carbocycles. The van der Waals surface area contributed by atoms with Crippen LogP contribution in [0.4, 0.5) is 0 Å². The van der Waals surface area contributed by atoms with Crippen LogP contribution in [0.1, 0.15) is 38.3 Å². The van der Waals surface area contributed by atoms with E-state index in [1.807, 2.05) is 49.4 Å². The average Bonchev–Trinajstić information content (AvgIpc) is 2.65. The van der Waals surface area contributed by atoms with Gasteiger partial charge in [-0.3, -0.25) is 0 Å². The predicted octanol–water partition coefficient (Wildman–Crippen LogP) is 5.01. The maximum atomic E-state index is 12.6. The summed E-state index contributed by atoms with van der Waals surface area (Å²) in [5.74, 6) is 0.237. The highest BCUT2D eigenvalue weighted by atomic mass is 16.6. The van der Waals surface area contributed by atoms with Gasteiger partial charge < -0.3 is 9.47 Å². The Balaban J connectivity index is 1.96. The molecule has 1 heterocycles. The van der Waals surface area contributed by atoms with E-state index in [0.717, 1.165) is 17.6 Å². The van der Waals surface area contributed by atoms with Crippen LogP contribution in [0, 0.1) is 5.92 Å². The van der Waals surface area contributed by atoms with Crippen molar-refractivity contribution in [1.29, 1.82) is 0 Å². The first-order valence-electron chi connectivity index (χ1n) is 9.11. The molecule has 3 heteroatoms. The van der Waals surface area contributed by atoms with Gasteiger partial charge in [-0.2, -0.15) is 0 Å². The molecule has 3 nitrogen and oxygen atoms in total. The number of benzene rings is 2. The second kappa shape index (κ2) is 7.36. The maximum Gasteiger partial charge on any atom is 0.347 e. The van der Waals surface area contributed by atoms with Gasteiger partial charge >= 0.3 is 5.97 Å². The minimum Gasteiger partial charge on any atom is -0.477 e. The molecule has 2 aromatic carbocycles. The van der Waals surface area contributed by atoms with Crippen molar-refractivity contribution in [3.05, 3.63) is 72.3 Å². The van der Waals surface area contributed by atoms with Crippen molar-refractivity contribution in [3.63, 3.8) is 0 Å². The normalized spacial score (nSPS) is 19.4. The molecule has 0 fully saturated rings. The summed E-state index contributed by atoms with van der Waals surface area (Å²) in [6.07, 6.45) is 0.0774. The minimum atomic E-state index is -0.666. The second-order valence-electron chi connectivity index (χ2n) is 7.37. The van der Waals surface area contributed by atoms with Crippen LogP contribution in [0.25, 0.3) is 5.57 Å². The summed E-state index contributed by atoms with van der Waals surface area (Å²) in [5, 5.41) is 0. The van der Waals surface area contributed by atoms with E-state index in [2.05, 4.69) is 32.6 Å². The lowest BCUT2D eigenvalue weighted by atomic mass is 9.71. The Morgan fingerprint density at radius 2 is 1.77 bits per heavy atom. The van der Waals surface area contributed by atoms with E-state index in [1.165, 1.54) is 5.56 Å². The molecule has 0 spiro atoms. The van der Waals surface area contributed by atoms with Gasteiger partial charge in [0.25, 0.3) is 0 Å². The number of ether oxygens (including phenoxy) is 2. The SMILES string of the molecule is C=C1c2ccccc2O[C@H](C(=O)OCC)[C@@H]1CC(C)(C)c1ccccc1. The highest BCUT2D eigenvalue weighted by molar-refractivity contribution is 5.83. The zero-order chi connectivity index (χ0) is 18.7. The van der Waals surface area contributed by atoms with E-state index in [9.17, 15) is 4.79 Å². The number of hydrogen-bond acceptors (Lipinski definition) is 3. The summed E-state index contributed by atoms with van der Waals surface area (Å²) in [4.78, 5) is 12.6. The van der Waals surface area contributed by atoms with E-state index in [-0.39, 0.29) is 17.3 Å². The molecule has 26 heavy (non-hydrogen) atoms. The standard InChI is InChI=1S/C23H26O3/c1-5-25-22(24)21-19(15-23(3,4)17-11-7-6-8-12-17)16(2)18-13-9-10-14-20(18)26-21/h6-14,19,21H,2,5,15H2,1,3-4H3/t19-,21+/m1/s1. The smallest absolute Gasteiger partial charge is 0.347 e. The second-order valence-corrected chi connectivity index (χ2v) is 7.37. The van der Waals surface area contributed by atoms with Crippen molar-refractivity contribution in [3.8, 4) is 5.75 Å². The van der Waals surface area contributed by atoms with Crippen LogP contribution in [0.2, 0.25) is 0 Å². The van der Waals surface area contributed by atoms with E-state index in [0.29, 0.717) is 12.4 Å². The Morgan fingerprint density at radius 3 is 2.46 bits per heavy atom. The fraction of sp³-hybridized carbons (Fsp3) is 0.348. The summed E-state index contributed by atoms with van der Waals surface area (Å²) in [7, 11) is 0. The number of para-hydroxylation sites is 1. The van der Waals surface area contributed by atoms with Crippen molar-refractivity contribution in [1.82, 2.24) is 0 Å². The lowest BCUT2D eigenvalue weighted by Gasteiger charge is -2.38. The van der Waals surface area contributed by atoms with Crippen LogP contribution in [-0.2, 0) is 14.9 Å². The third-order valence-electron chi connectivity index (χ3n) is 5.10. The van der Waals surface area contributed by atoms with Gasteiger partial charge in [0.15, 0.2) is 0 Å². The fourth-order valence-electron chi connectivity index (χ4n) is 3.66. The fourth-order valence-corrected chi connectivity index (χ4v) is 3.66. The highest BCUT2D eigenvalue weighted by Gasteiger charge is 2.41. The van der Waals surface area contributed by atoms with Gasteiger partial charge in [-0.05, 0) is 36.0 Å². The molecule has 0 unspecified atom stereocenters. The molecule has 2 aromatic rings. The number of hydrogen-bond donors (Lipinski definition) is 0. The van der Waals surface area contributed by atoms with Crippen molar-refractivity contribution in [2.75, 3.05) is 6.61 Å². The Morgan fingerprint density at radius 1 is 1.12 bits per heavy atom. The molecule has 3 rings (SSSR count). The number of carbonyl (C=O) groups excluding carboxylic acids is 1. The molecule has 0 amide bonds. The van der Waals surface area contributed by atoms with Gasteiger partial charge in [0, 0.05) is 11.5 Å². The summed E-state index contributed by atoms with van der Waals surface area (Å²) in [6, 6.07) is 18.1. The summed E-state index contributed by atoms with van der Waals surface area (Å²) < 4.78 is 11.4. The zero-order valence-corrected chi connectivity index (χ0v) is 15.7. The number of esters is 1. The van der Waals surface area contributed by atoms with Gasteiger partial charge in [0.2, 0.25) is 6.10 Å². The Hall–Kier alpha value is -2.55. The first-order chi connectivity index (χ1) is 12.4. The largest absolute Gasteiger partial charge is 0.477 e. The number of rotatable bonds is 5. The van der Waals surface area contributed by atoms with Crippen LogP contribution in [-0.4, -0.2) is 18.7 Å². The maximum absolute atomic E-state index is 12.6. The molecular formula is C23H26O3. The highest BCUT2D eigenvalue weighted by Crippen LogP contribution is 2.44. The van der Waals surface area contributed by atoms with E-state index < -0.39 is 6.10 Å². The third kappa shape index (κ3) is 3.52. The Kier molecular flexibility index (Phi) is 5.17. The third-order valence-corrected chi connectivity index (χ3v) is 5.10. The van der Waals surface area contributed by atoms with Gasteiger partial charge in [0.1, 0.15) is 5.75 Å². The van der Waals surface area contributed by atoms with Crippen molar-refractivity contribution >= 4 is 11.5 Å². The number of carbonyl (C=O) groups is 1. The molecule has 0 saturated heterocycles. The molecule has 1 aliphatic rings. The molecule has 136 valence electrons. The van der Waals surface area contributed by atoms with E-state index in [4.69, 9.17) is 9.47 Å². The summed E-state index contributed by atoms with van der Waals surface area (Å²) in [6.45, 7) is 10.9. The molecule has 0 aliphatic carbocycles. The molecule has 1 aliphatic heterocycles. The summed E-state index contributed by atoms with van der Waals surface area (Å²) >= 11 is 0. The molecule has 0 radical (unpaired) electrons. The molecular weight excluding hydrogens is 324 g/mol. The number of fused-ring (bicyclic) bond motifs is 1. The van der Waals surface area contributed by atoms with Crippen LogP contribution >= 0.6 is 0 Å². The Bertz CT molecular complexity index is 792. The van der Waals surface area contributed by atoms with Crippen molar-refractivity contribution in [2.45, 2.75) is 38.7 Å². The van der Waals surface area contributed by atoms with Crippen LogP contribution in [0.3, 0.4) is 0 Å². The lowest BCUT2D eigenvalue weighted by Crippen LogP contribution is -2.42. The first kappa shape index (κ1) is 18.2. The van der Waals surface area contributed by atoms with E-state index >= 15 is 0 Å². The van der Waals surface area contributed by atoms with Gasteiger partial charge in [-0.1, -0.05) is 69.0 Å². The van der Waals surface area contributed by atoms with Crippen LogP contribution in [0.15, 0.2) is 61.2 Å². The van der Waals surface area contributed by atoms with Crippen LogP contribution in [0.5, 0.6) is 5.75 Å². The molecule has 0 bridgehead atoms.